The second-order valence-corrected chi connectivity index (χ2v) is 6.81. The molecule has 2 aromatic carbocycles. The van der Waals surface area contributed by atoms with Crippen LogP contribution in [0.2, 0.25) is 0 Å². The van der Waals surface area contributed by atoms with Crippen molar-refractivity contribution < 1.29 is 14.3 Å². The van der Waals surface area contributed by atoms with Gasteiger partial charge in [0.25, 0.3) is 11.5 Å². The van der Waals surface area contributed by atoms with Crippen molar-refractivity contribution in [1.29, 1.82) is 0 Å². The van der Waals surface area contributed by atoms with Gasteiger partial charge in [0.1, 0.15) is 5.75 Å². The van der Waals surface area contributed by atoms with E-state index in [0.717, 1.165) is 16.8 Å². The first-order valence-electron chi connectivity index (χ1n) is 9.70. The zero-order valence-electron chi connectivity index (χ0n) is 17.0. The maximum absolute atomic E-state index is 12.7. The molecule has 0 bridgehead atoms. The van der Waals surface area contributed by atoms with Crippen LogP contribution >= 0.6 is 0 Å². The van der Waals surface area contributed by atoms with Gasteiger partial charge in [0.05, 0.1) is 12.0 Å². The molecule has 6 nitrogen and oxygen atoms in total. The summed E-state index contributed by atoms with van der Waals surface area (Å²) in [4.78, 5) is 25.0. The van der Waals surface area contributed by atoms with Crippen LogP contribution < -0.4 is 15.6 Å². The van der Waals surface area contributed by atoms with Crippen LogP contribution in [0.3, 0.4) is 0 Å². The Morgan fingerprint density at radius 2 is 1.86 bits per heavy atom. The highest BCUT2D eigenvalue weighted by Gasteiger charge is 2.11. The minimum Gasteiger partial charge on any atom is -0.483 e. The largest absolute Gasteiger partial charge is 0.483 e. The summed E-state index contributed by atoms with van der Waals surface area (Å²) < 4.78 is 12.7. The Bertz CT molecular complexity index is 1070. The smallest absolute Gasteiger partial charge is 0.262 e. The highest BCUT2D eigenvalue weighted by molar-refractivity contribution is 5.93. The van der Waals surface area contributed by atoms with Crippen molar-refractivity contribution in [3.63, 3.8) is 0 Å². The molecule has 3 rings (SSSR count). The average molecular weight is 394 g/mol. The number of hydrogen-bond acceptors (Lipinski definition) is 4. The van der Waals surface area contributed by atoms with Crippen LogP contribution in [-0.2, 0) is 16.1 Å². The molecule has 1 aromatic heterocycles. The van der Waals surface area contributed by atoms with Gasteiger partial charge in [-0.25, -0.2) is 0 Å². The van der Waals surface area contributed by atoms with E-state index in [1.807, 2.05) is 45.0 Å². The quantitative estimate of drug-likeness (QED) is 0.592. The number of ether oxygens (including phenoxy) is 2. The SMILES string of the molecule is CCOCCn1ccc2c(OCC(=O)Nc3cccc(C)c3C)cccc2c1=O. The molecule has 0 radical (unpaired) electrons. The van der Waals surface area contributed by atoms with Crippen molar-refractivity contribution in [2.24, 2.45) is 0 Å². The molecule has 0 saturated carbocycles. The van der Waals surface area contributed by atoms with Gasteiger partial charge in [-0.1, -0.05) is 18.2 Å². The predicted octanol–water partition coefficient (Wildman–Crippen LogP) is 3.67. The van der Waals surface area contributed by atoms with Crippen LogP contribution in [-0.4, -0.2) is 30.3 Å². The van der Waals surface area contributed by atoms with E-state index in [4.69, 9.17) is 9.47 Å². The Morgan fingerprint density at radius 3 is 2.66 bits per heavy atom. The van der Waals surface area contributed by atoms with Gasteiger partial charge in [-0.3, -0.25) is 9.59 Å². The van der Waals surface area contributed by atoms with E-state index in [1.165, 1.54) is 0 Å². The van der Waals surface area contributed by atoms with Crippen molar-refractivity contribution in [2.75, 3.05) is 25.1 Å². The number of pyridine rings is 1. The fourth-order valence-electron chi connectivity index (χ4n) is 3.11. The van der Waals surface area contributed by atoms with Gasteiger partial charge < -0.3 is 19.4 Å². The molecule has 0 saturated heterocycles. The van der Waals surface area contributed by atoms with E-state index < -0.39 is 0 Å². The maximum Gasteiger partial charge on any atom is 0.262 e. The summed E-state index contributed by atoms with van der Waals surface area (Å²) in [7, 11) is 0. The number of nitrogens with zero attached hydrogens (tertiary/aromatic N) is 1. The van der Waals surface area contributed by atoms with Gasteiger partial charge in [0.2, 0.25) is 0 Å². The van der Waals surface area contributed by atoms with Crippen molar-refractivity contribution >= 4 is 22.4 Å². The Kier molecular flexibility index (Phi) is 6.67. The van der Waals surface area contributed by atoms with Crippen molar-refractivity contribution in [1.82, 2.24) is 4.57 Å². The standard InChI is InChI=1S/C23H26N2O4/c1-4-28-14-13-25-12-11-18-19(23(25)27)8-6-10-21(18)29-15-22(26)24-20-9-5-7-16(2)17(20)3/h5-12H,4,13-15H2,1-3H3,(H,24,26). The molecule has 0 aliphatic rings. The van der Waals surface area contributed by atoms with Crippen molar-refractivity contribution in [2.45, 2.75) is 27.3 Å². The summed E-state index contributed by atoms with van der Waals surface area (Å²) in [5.74, 6) is 0.258. The lowest BCUT2D eigenvalue weighted by atomic mass is 10.1. The molecular formula is C23H26N2O4. The third-order valence-corrected chi connectivity index (χ3v) is 4.90. The summed E-state index contributed by atoms with van der Waals surface area (Å²) >= 11 is 0. The average Bonchev–Trinajstić information content (AvgIpc) is 2.72. The highest BCUT2D eigenvalue weighted by atomic mass is 16.5. The number of aromatic nitrogens is 1. The monoisotopic (exact) mass is 394 g/mol. The Hall–Kier alpha value is -3.12. The Labute approximate surface area is 170 Å². The normalized spacial score (nSPS) is 10.9. The van der Waals surface area contributed by atoms with Gasteiger partial charge >= 0.3 is 0 Å². The summed E-state index contributed by atoms with van der Waals surface area (Å²) in [6.45, 7) is 7.34. The molecule has 1 heterocycles. The fourth-order valence-corrected chi connectivity index (χ4v) is 3.11. The summed E-state index contributed by atoms with van der Waals surface area (Å²) in [5, 5.41) is 4.11. The van der Waals surface area contributed by atoms with Crippen LogP contribution in [0.1, 0.15) is 18.1 Å². The molecule has 6 heteroatoms. The minimum atomic E-state index is -0.249. The number of nitrogens with one attached hydrogen (secondary N) is 1. The molecule has 1 amide bonds. The molecule has 29 heavy (non-hydrogen) atoms. The molecule has 3 aromatic rings. The fraction of sp³-hybridized carbons (Fsp3) is 0.304. The molecule has 0 spiro atoms. The summed E-state index contributed by atoms with van der Waals surface area (Å²) in [5.41, 5.74) is 2.80. The van der Waals surface area contributed by atoms with Gasteiger partial charge in [-0.2, -0.15) is 0 Å². The van der Waals surface area contributed by atoms with Crippen LogP contribution in [0.5, 0.6) is 5.75 Å². The number of hydrogen-bond donors (Lipinski definition) is 1. The number of carbonyl (C=O) groups is 1. The summed E-state index contributed by atoms with van der Waals surface area (Å²) in [6, 6.07) is 12.9. The molecule has 0 fully saturated rings. The zero-order valence-corrected chi connectivity index (χ0v) is 17.0. The van der Waals surface area contributed by atoms with Gasteiger partial charge in [-0.05, 0) is 56.2 Å². The first-order chi connectivity index (χ1) is 14.0. The third-order valence-electron chi connectivity index (χ3n) is 4.90. The lowest BCUT2D eigenvalue weighted by Gasteiger charge is -2.13. The molecule has 0 unspecified atom stereocenters. The second kappa shape index (κ2) is 9.39. The topological polar surface area (TPSA) is 69.6 Å². The molecule has 152 valence electrons. The number of anilines is 1. The predicted molar refractivity (Wildman–Crippen MR) is 115 cm³/mol. The van der Waals surface area contributed by atoms with Crippen molar-refractivity contribution in [3.8, 4) is 5.75 Å². The van der Waals surface area contributed by atoms with Gasteiger partial charge in [-0.15, -0.1) is 0 Å². The zero-order chi connectivity index (χ0) is 20.8. The van der Waals surface area contributed by atoms with E-state index in [2.05, 4.69) is 5.32 Å². The number of rotatable bonds is 8. The van der Waals surface area contributed by atoms with Crippen LogP contribution in [0.4, 0.5) is 5.69 Å². The Morgan fingerprint density at radius 1 is 1.07 bits per heavy atom. The van der Waals surface area contributed by atoms with Crippen LogP contribution in [0.25, 0.3) is 10.8 Å². The molecule has 0 aliphatic heterocycles. The highest BCUT2D eigenvalue weighted by Crippen LogP contribution is 2.23. The maximum atomic E-state index is 12.7. The first-order valence-corrected chi connectivity index (χ1v) is 9.70. The Balaban J connectivity index is 1.73. The molecule has 0 atom stereocenters. The van der Waals surface area contributed by atoms with E-state index in [9.17, 15) is 9.59 Å². The van der Waals surface area contributed by atoms with Crippen LogP contribution in [0.15, 0.2) is 53.5 Å². The number of amides is 1. The summed E-state index contributed by atoms with van der Waals surface area (Å²) in [6.07, 6.45) is 1.73. The number of carbonyl (C=O) groups excluding carboxylic acids is 1. The van der Waals surface area contributed by atoms with Crippen LogP contribution in [0, 0.1) is 13.8 Å². The van der Waals surface area contributed by atoms with E-state index >= 15 is 0 Å². The molecule has 0 aliphatic carbocycles. The number of fused-ring (bicyclic) bond motifs is 1. The lowest BCUT2D eigenvalue weighted by molar-refractivity contribution is -0.118. The first kappa shape index (κ1) is 20.6. The van der Waals surface area contributed by atoms with E-state index in [1.54, 1.807) is 29.0 Å². The lowest BCUT2D eigenvalue weighted by Crippen LogP contribution is -2.23. The van der Waals surface area contributed by atoms with Gasteiger partial charge in [0, 0.05) is 30.4 Å². The number of aryl methyl sites for hydroxylation is 1. The molecular weight excluding hydrogens is 368 g/mol. The minimum absolute atomic E-state index is 0.104. The van der Waals surface area contributed by atoms with Crippen molar-refractivity contribution in [3.05, 3.63) is 70.1 Å². The molecule has 1 N–H and O–H groups in total. The third kappa shape index (κ3) is 4.84. The van der Waals surface area contributed by atoms with E-state index in [-0.39, 0.29) is 18.1 Å². The van der Waals surface area contributed by atoms with E-state index in [0.29, 0.717) is 36.3 Å². The van der Waals surface area contributed by atoms with Gasteiger partial charge in [0.15, 0.2) is 6.61 Å². The second-order valence-electron chi connectivity index (χ2n) is 6.81. The number of benzene rings is 2.